The van der Waals surface area contributed by atoms with Gasteiger partial charge in [-0.25, -0.2) is 9.97 Å². The molecule has 1 aromatic carbocycles. The number of benzene rings is 1. The molecule has 1 aliphatic rings. The molecule has 0 bridgehead atoms. The minimum atomic E-state index is -0.0241. The number of nitrogens with zero attached hydrogens (tertiary/aromatic N) is 3. The fourth-order valence-corrected chi connectivity index (χ4v) is 3.35. The third-order valence-electron chi connectivity index (χ3n) is 4.46. The van der Waals surface area contributed by atoms with E-state index in [9.17, 15) is 4.79 Å². The zero-order valence-electron chi connectivity index (χ0n) is 15.0. The standard InChI is InChI=1S/C19H24BrN5O/c1-14-5-6-15(20)11-16(14)24-19(26)7-8-21-17-12-18(23-13-22-17)25-9-3-2-4-10-25/h5-6,11-13H,2-4,7-10H2,1H3,(H,24,26)(H,21,22,23). The Balaban J connectivity index is 1.50. The second-order valence-corrected chi connectivity index (χ2v) is 7.41. The Hall–Kier alpha value is -2.15. The molecule has 1 aliphatic heterocycles. The van der Waals surface area contributed by atoms with E-state index < -0.39 is 0 Å². The Morgan fingerprint density at radius 1 is 1.19 bits per heavy atom. The van der Waals surface area contributed by atoms with Crippen molar-refractivity contribution >= 4 is 39.2 Å². The van der Waals surface area contributed by atoms with Gasteiger partial charge in [0.05, 0.1) is 0 Å². The van der Waals surface area contributed by atoms with Crippen molar-refractivity contribution in [2.24, 2.45) is 0 Å². The Kier molecular flexibility index (Phi) is 6.44. The van der Waals surface area contributed by atoms with Gasteiger partial charge >= 0.3 is 0 Å². The summed E-state index contributed by atoms with van der Waals surface area (Å²) >= 11 is 3.43. The molecule has 1 amide bonds. The Labute approximate surface area is 162 Å². The second-order valence-electron chi connectivity index (χ2n) is 6.49. The van der Waals surface area contributed by atoms with Crippen LogP contribution in [0.5, 0.6) is 0 Å². The van der Waals surface area contributed by atoms with Gasteiger partial charge in [-0.3, -0.25) is 4.79 Å². The van der Waals surface area contributed by atoms with Crippen LogP contribution < -0.4 is 15.5 Å². The normalized spacial score (nSPS) is 14.2. The Morgan fingerprint density at radius 2 is 2.00 bits per heavy atom. The van der Waals surface area contributed by atoms with Gasteiger partial charge in [-0.2, -0.15) is 0 Å². The van der Waals surface area contributed by atoms with Crippen molar-refractivity contribution in [1.82, 2.24) is 9.97 Å². The smallest absolute Gasteiger partial charge is 0.226 e. The van der Waals surface area contributed by atoms with E-state index in [1.165, 1.54) is 19.3 Å². The van der Waals surface area contributed by atoms with E-state index in [0.717, 1.165) is 40.4 Å². The molecular formula is C19H24BrN5O. The van der Waals surface area contributed by atoms with E-state index in [2.05, 4.69) is 41.4 Å². The minimum Gasteiger partial charge on any atom is -0.369 e. The van der Waals surface area contributed by atoms with Gasteiger partial charge in [0.2, 0.25) is 5.91 Å². The molecule has 7 heteroatoms. The molecule has 0 saturated carbocycles. The monoisotopic (exact) mass is 417 g/mol. The number of carbonyl (C=O) groups is 1. The van der Waals surface area contributed by atoms with Crippen LogP contribution in [-0.4, -0.2) is 35.5 Å². The number of aryl methyl sites for hydroxylation is 1. The van der Waals surface area contributed by atoms with Crippen molar-refractivity contribution in [3.63, 3.8) is 0 Å². The van der Waals surface area contributed by atoms with E-state index >= 15 is 0 Å². The van der Waals surface area contributed by atoms with Crippen LogP contribution >= 0.6 is 15.9 Å². The number of halogens is 1. The van der Waals surface area contributed by atoms with Crippen LogP contribution in [0.25, 0.3) is 0 Å². The largest absolute Gasteiger partial charge is 0.369 e. The number of rotatable bonds is 6. The van der Waals surface area contributed by atoms with Gasteiger partial charge in [0, 0.05) is 42.3 Å². The average molecular weight is 418 g/mol. The molecule has 2 N–H and O–H groups in total. The van der Waals surface area contributed by atoms with E-state index in [0.29, 0.717) is 13.0 Å². The van der Waals surface area contributed by atoms with Gasteiger partial charge in [0.25, 0.3) is 0 Å². The lowest BCUT2D eigenvalue weighted by atomic mass is 10.1. The number of piperidine rings is 1. The first-order chi connectivity index (χ1) is 12.6. The highest BCUT2D eigenvalue weighted by Crippen LogP contribution is 2.21. The molecule has 1 saturated heterocycles. The summed E-state index contributed by atoms with van der Waals surface area (Å²) in [7, 11) is 0. The van der Waals surface area contributed by atoms with Crippen molar-refractivity contribution < 1.29 is 4.79 Å². The molecule has 0 atom stereocenters. The van der Waals surface area contributed by atoms with Gasteiger partial charge in [-0.05, 0) is 43.9 Å². The molecule has 1 fully saturated rings. The summed E-state index contributed by atoms with van der Waals surface area (Å²) < 4.78 is 0.947. The SMILES string of the molecule is Cc1ccc(Br)cc1NC(=O)CCNc1cc(N2CCCCC2)ncn1. The number of nitrogens with one attached hydrogen (secondary N) is 2. The predicted molar refractivity (Wildman–Crippen MR) is 109 cm³/mol. The number of hydrogen-bond donors (Lipinski definition) is 2. The first-order valence-electron chi connectivity index (χ1n) is 8.99. The lowest BCUT2D eigenvalue weighted by molar-refractivity contribution is -0.115. The molecule has 0 unspecified atom stereocenters. The van der Waals surface area contributed by atoms with Crippen molar-refractivity contribution in [2.75, 3.05) is 35.2 Å². The molecule has 1 aromatic heterocycles. The van der Waals surface area contributed by atoms with Crippen molar-refractivity contribution in [3.05, 3.63) is 40.6 Å². The number of amides is 1. The van der Waals surface area contributed by atoms with Crippen molar-refractivity contribution in [2.45, 2.75) is 32.6 Å². The lowest BCUT2D eigenvalue weighted by Crippen LogP contribution is -2.30. The van der Waals surface area contributed by atoms with Gasteiger partial charge < -0.3 is 15.5 Å². The van der Waals surface area contributed by atoms with Gasteiger partial charge in [0.15, 0.2) is 0 Å². The fraction of sp³-hybridized carbons (Fsp3) is 0.421. The van der Waals surface area contributed by atoms with Crippen LogP contribution in [0.1, 0.15) is 31.2 Å². The third-order valence-corrected chi connectivity index (χ3v) is 4.96. The highest BCUT2D eigenvalue weighted by molar-refractivity contribution is 9.10. The highest BCUT2D eigenvalue weighted by atomic mass is 79.9. The maximum atomic E-state index is 12.2. The highest BCUT2D eigenvalue weighted by Gasteiger charge is 2.13. The molecule has 2 aromatic rings. The van der Waals surface area contributed by atoms with E-state index in [-0.39, 0.29) is 5.91 Å². The molecule has 3 rings (SSSR count). The van der Waals surface area contributed by atoms with Crippen LogP contribution in [0.3, 0.4) is 0 Å². The quantitative estimate of drug-likeness (QED) is 0.743. The predicted octanol–water partition coefficient (Wildman–Crippen LogP) is 3.98. The molecule has 0 aliphatic carbocycles. The number of carbonyl (C=O) groups excluding carboxylic acids is 1. The van der Waals surface area contributed by atoms with Crippen molar-refractivity contribution in [3.8, 4) is 0 Å². The van der Waals surface area contributed by atoms with E-state index in [1.54, 1.807) is 6.33 Å². The molecular weight excluding hydrogens is 394 g/mol. The summed E-state index contributed by atoms with van der Waals surface area (Å²) in [5.41, 5.74) is 1.87. The van der Waals surface area contributed by atoms with Gasteiger partial charge in [-0.1, -0.05) is 22.0 Å². The molecule has 2 heterocycles. The number of aromatic nitrogens is 2. The van der Waals surface area contributed by atoms with Crippen LogP contribution in [-0.2, 0) is 4.79 Å². The van der Waals surface area contributed by atoms with Crippen LogP contribution in [0.15, 0.2) is 35.1 Å². The van der Waals surface area contributed by atoms with Crippen LogP contribution in [0.4, 0.5) is 17.3 Å². The summed E-state index contributed by atoms with van der Waals surface area (Å²) in [5, 5.41) is 6.17. The second kappa shape index (κ2) is 8.98. The fourth-order valence-electron chi connectivity index (χ4n) is 2.99. The number of anilines is 3. The Bertz CT molecular complexity index is 761. The van der Waals surface area contributed by atoms with Gasteiger partial charge in [-0.15, -0.1) is 0 Å². The summed E-state index contributed by atoms with van der Waals surface area (Å²) in [4.78, 5) is 23.1. The molecule has 0 spiro atoms. The summed E-state index contributed by atoms with van der Waals surface area (Å²) in [6.45, 7) is 4.59. The molecule has 138 valence electrons. The maximum Gasteiger partial charge on any atom is 0.226 e. The van der Waals surface area contributed by atoms with E-state index in [4.69, 9.17) is 0 Å². The first-order valence-corrected chi connectivity index (χ1v) is 9.78. The third kappa shape index (κ3) is 5.17. The first kappa shape index (κ1) is 18.6. The lowest BCUT2D eigenvalue weighted by Gasteiger charge is -2.27. The van der Waals surface area contributed by atoms with Gasteiger partial charge in [0.1, 0.15) is 18.0 Å². The van der Waals surface area contributed by atoms with Crippen LogP contribution in [0.2, 0.25) is 0 Å². The number of hydrogen-bond acceptors (Lipinski definition) is 5. The van der Waals surface area contributed by atoms with E-state index in [1.807, 2.05) is 31.2 Å². The minimum absolute atomic E-state index is 0.0241. The molecule has 6 nitrogen and oxygen atoms in total. The summed E-state index contributed by atoms with van der Waals surface area (Å²) in [6, 6.07) is 7.81. The summed E-state index contributed by atoms with van der Waals surface area (Å²) in [6.07, 6.45) is 5.66. The maximum absolute atomic E-state index is 12.2. The topological polar surface area (TPSA) is 70.2 Å². The zero-order chi connectivity index (χ0) is 18.4. The Morgan fingerprint density at radius 3 is 2.81 bits per heavy atom. The molecule has 26 heavy (non-hydrogen) atoms. The summed E-state index contributed by atoms with van der Waals surface area (Å²) in [5.74, 6) is 1.69. The molecule has 0 radical (unpaired) electrons. The average Bonchev–Trinajstić information content (AvgIpc) is 2.66. The van der Waals surface area contributed by atoms with Crippen molar-refractivity contribution in [1.29, 1.82) is 0 Å². The van der Waals surface area contributed by atoms with Crippen LogP contribution in [0, 0.1) is 6.92 Å². The zero-order valence-corrected chi connectivity index (χ0v) is 16.6.